The van der Waals surface area contributed by atoms with Crippen molar-refractivity contribution in [1.29, 1.82) is 0 Å². The van der Waals surface area contributed by atoms with Gasteiger partial charge in [-0.15, -0.1) is 0 Å². The molecule has 0 saturated carbocycles. The van der Waals surface area contributed by atoms with E-state index in [4.69, 9.17) is 9.15 Å². The van der Waals surface area contributed by atoms with E-state index in [1.807, 2.05) is 13.0 Å². The molecule has 3 rings (SSSR count). The highest BCUT2D eigenvalue weighted by Gasteiger charge is 2.47. The lowest BCUT2D eigenvalue weighted by molar-refractivity contribution is -0.140. The van der Waals surface area contributed by atoms with Crippen LogP contribution in [0.3, 0.4) is 0 Å². The van der Waals surface area contributed by atoms with Gasteiger partial charge in [0.1, 0.15) is 23.3 Å². The van der Waals surface area contributed by atoms with Gasteiger partial charge in [-0.3, -0.25) is 9.59 Å². The van der Waals surface area contributed by atoms with Crippen LogP contribution in [0.4, 0.5) is 0 Å². The van der Waals surface area contributed by atoms with E-state index in [0.29, 0.717) is 23.6 Å². The number of hydrogen-bond acceptors (Lipinski definition) is 5. The van der Waals surface area contributed by atoms with E-state index in [0.717, 1.165) is 24.8 Å². The molecule has 0 bridgehead atoms. The lowest BCUT2D eigenvalue weighted by Gasteiger charge is -2.23. The van der Waals surface area contributed by atoms with Crippen LogP contribution in [0.5, 0.6) is 5.75 Å². The Balaban J connectivity index is 2.14. The Bertz CT molecular complexity index is 898. The van der Waals surface area contributed by atoms with Crippen molar-refractivity contribution in [3.05, 3.63) is 59.1 Å². The molecule has 1 fully saturated rings. The Morgan fingerprint density at radius 1 is 1.25 bits per heavy atom. The summed E-state index contributed by atoms with van der Waals surface area (Å²) in [5.74, 6) is -0.703. The molecule has 1 aliphatic rings. The number of likely N-dealkylation sites (tertiary alicyclic amines) is 1. The number of carbonyl (C=O) groups is 2. The van der Waals surface area contributed by atoms with Crippen LogP contribution in [-0.4, -0.2) is 35.4 Å². The smallest absolute Gasteiger partial charge is 0.295 e. The molecule has 148 valence electrons. The summed E-state index contributed by atoms with van der Waals surface area (Å²) in [6.07, 6.45) is 4.21. The van der Waals surface area contributed by atoms with E-state index in [-0.39, 0.29) is 11.3 Å². The molecule has 1 aromatic carbocycles. The van der Waals surface area contributed by atoms with Crippen LogP contribution >= 0.6 is 0 Å². The van der Waals surface area contributed by atoms with Crippen LogP contribution in [0.25, 0.3) is 5.76 Å². The van der Waals surface area contributed by atoms with Crippen molar-refractivity contribution in [2.45, 2.75) is 39.2 Å². The molecule has 1 saturated heterocycles. The fourth-order valence-electron chi connectivity index (χ4n) is 3.54. The van der Waals surface area contributed by atoms with Crippen molar-refractivity contribution in [3.63, 3.8) is 0 Å². The number of unbranched alkanes of at least 4 members (excludes halogenated alkanes) is 2. The molecule has 28 heavy (non-hydrogen) atoms. The molecule has 1 N–H and O–H groups in total. The second kappa shape index (κ2) is 8.33. The standard InChI is InChI=1S/C22H25NO5/c1-4-5-6-11-23-19(17-8-7-12-28-17)18(21(25)22(23)26)20(24)15-13-14(2)9-10-16(15)27-3/h7-10,12-13,19,24H,4-6,11H2,1-3H3/b20-18-. The Morgan fingerprint density at radius 3 is 2.68 bits per heavy atom. The summed E-state index contributed by atoms with van der Waals surface area (Å²) >= 11 is 0. The van der Waals surface area contributed by atoms with Gasteiger partial charge < -0.3 is 19.2 Å². The number of methoxy groups -OCH3 is 1. The lowest BCUT2D eigenvalue weighted by Crippen LogP contribution is -2.30. The summed E-state index contributed by atoms with van der Waals surface area (Å²) in [7, 11) is 1.49. The number of Topliss-reactive ketones (excluding diaryl/α,β-unsaturated/α-hetero) is 1. The zero-order chi connectivity index (χ0) is 20.3. The normalized spacial score (nSPS) is 18.7. The first-order valence-electron chi connectivity index (χ1n) is 9.46. The third-order valence-electron chi connectivity index (χ3n) is 4.97. The van der Waals surface area contributed by atoms with Crippen molar-refractivity contribution >= 4 is 17.4 Å². The van der Waals surface area contributed by atoms with Gasteiger partial charge in [0.05, 0.1) is 24.5 Å². The van der Waals surface area contributed by atoms with Gasteiger partial charge in [-0.05, 0) is 37.6 Å². The second-order valence-corrected chi connectivity index (χ2v) is 6.92. The third kappa shape index (κ3) is 3.54. The van der Waals surface area contributed by atoms with Crippen LogP contribution < -0.4 is 4.74 Å². The first-order chi connectivity index (χ1) is 13.5. The number of nitrogens with zero attached hydrogens (tertiary/aromatic N) is 1. The molecule has 1 unspecified atom stereocenters. The third-order valence-corrected chi connectivity index (χ3v) is 4.97. The minimum Gasteiger partial charge on any atom is -0.507 e. The van der Waals surface area contributed by atoms with E-state index in [9.17, 15) is 14.7 Å². The Kier molecular flexibility index (Phi) is 5.87. The number of hydrogen-bond donors (Lipinski definition) is 1. The molecule has 1 amide bonds. The number of amides is 1. The van der Waals surface area contributed by atoms with Gasteiger partial charge >= 0.3 is 0 Å². The van der Waals surface area contributed by atoms with Crippen molar-refractivity contribution in [1.82, 2.24) is 4.90 Å². The van der Waals surface area contributed by atoms with Gasteiger partial charge in [0.2, 0.25) is 0 Å². The van der Waals surface area contributed by atoms with Crippen LogP contribution in [0.2, 0.25) is 0 Å². The number of aliphatic hydroxyl groups is 1. The van der Waals surface area contributed by atoms with Crippen LogP contribution in [0.1, 0.15) is 49.1 Å². The van der Waals surface area contributed by atoms with E-state index < -0.39 is 17.7 Å². The predicted octanol–water partition coefficient (Wildman–Crippen LogP) is 4.21. The highest BCUT2D eigenvalue weighted by Crippen LogP contribution is 2.41. The number of benzene rings is 1. The summed E-state index contributed by atoms with van der Waals surface area (Å²) < 4.78 is 10.9. The zero-order valence-corrected chi connectivity index (χ0v) is 16.4. The first-order valence-corrected chi connectivity index (χ1v) is 9.46. The molecule has 1 aromatic heterocycles. The van der Waals surface area contributed by atoms with Gasteiger partial charge in [0.25, 0.3) is 11.7 Å². The quantitative estimate of drug-likeness (QED) is 0.335. The zero-order valence-electron chi connectivity index (χ0n) is 16.4. The largest absolute Gasteiger partial charge is 0.507 e. The number of rotatable bonds is 7. The maximum absolute atomic E-state index is 12.9. The number of ketones is 1. The summed E-state index contributed by atoms with van der Waals surface area (Å²) in [5, 5.41) is 11.1. The average Bonchev–Trinajstić information content (AvgIpc) is 3.30. The average molecular weight is 383 g/mol. The summed E-state index contributed by atoms with van der Waals surface area (Å²) in [4.78, 5) is 27.1. The number of furan rings is 1. The molecule has 1 atom stereocenters. The molecule has 2 aromatic rings. The van der Waals surface area contributed by atoms with Crippen molar-refractivity contribution in [2.24, 2.45) is 0 Å². The van der Waals surface area contributed by atoms with E-state index >= 15 is 0 Å². The molecule has 6 nitrogen and oxygen atoms in total. The number of ether oxygens (including phenoxy) is 1. The van der Waals surface area contributed by atoms with E-state index in [2.05, 4.69) is 6.92 Å². The number of aryl methyl sites for hydroxylation is 1. The molecule has 2 heterocycles. The molecule has 6 heteroatoms. The minimum absolute atomic E-state index is 0.0281. The van der Waals surface area contributed by atoms with Crippen LogP contribution in [0, 0.1) is 6.92 Å². The lowest BCUT2D eigenvalue weighted by atomic mass is 9.98. The molecular weight excluding hydrogens is 358 g/mol. The molecule has 0 spiro atoms. The number of aliphatic hydroxyl groups excluding tert-OH is 1. The maximum Gasteiger partial charge on any atom is 0.295 e. The van der Waals surface area contributed by atoms with Crippen molar-refractivity contribution < 1.29 is 23.8 Å². The first kappa shape index (κ1) is 19.7. The molecule has 0 aliphatic carbocycles. The Hall–Kier alpha value is -3.02. The Labute approximate surface area is 164 Å². The van der Waals surface area contributed by atoms with E-state index in [1.165, 1.54) is 18.3 Å². The van der Waals surface area contributed by atoms with Gasteiger partial charge in [-0.2, -0.15) is 0 Å². The topological polar surface area (TPSA) is 80.0 Å². The second-order valence-electron chi connectivity index (χ2n) is 6.92. The predicted molar refractivity (Wildman–Crippen MR) is 105 cm³/mol. The van der Waals surface area contributed by atoms with Crippen molar-refractivity contribution in [2.75, 3.05) is 13.7 Å². The molecule has 1 aliphatic heterocycles. The fourth-order valence-corrected chi connectivity index (χ4v) is 3.54. The highest BCUT2D eigenvalue weighted by atomic mass is 16.5. The van der Waals surface area contributed by atoms with Crippen molar-refractivity contribution in [3.8, 4) is 5.75 Å². The van der Waals surface area contributed by atoms with Gasteiger partial charge in [-0.25, -0.2) is 0 Å². The van der Waals surface area contributed by atoms with Gasteiger partial charge in [0.15, 0.2) is 0 Å². The summed E-state index contributed by atoms with van der Waals surface area (Å²) in [6.45, 7) is 4.37. The van der Waals surface area contributed by atoms with E-state index in [1.54, 1.807) is 24.3 Å². The Morgan fingerprint density at radius 2 is 2.04 bits per heavy atom. The maximum atomic E-state index is 12.9. The SMILES string of the molecule is CCCCCN1C(=O)C(=O)/C(=C(\O)c2cc(C)ccc2OC)C1c1ccco1. The molecule has 0 radical (unpaired) electrons. The number of carbonyl (C=O) groups excluding carboxylic acids is 2. The summed E-state index contributed by atoms with van der Waals surface area (Å²) in [6, 6.07) is 7.97. The monoisotopic (exact) mass is 383 g/mol. The van der Waals surface area contributed by atoms with Gasteiger partial charge in [0, 0.05) is 6.54 Å². The van der Waals surface area contributed by atoms with Crippen LogP contribution in [0.15, 0.2) is 46.6 Å². The van der Waals surface area contributed by atoms with Gasteiger partial charge in [-0.1, -0.05) is 31.4 Å². The summed E-state index contributed by atoms with van der Waals surface area (Å²) in [5.41, 5.74) is 1.31. The van der Waals surface area contributed by atoms with Crippen LogP contribution in [-0.2, 0) is 9.59 Å². The molecular formula is C22H25NO5. The highest BCUT2D eigenvalue weighted by molar-refractivity contribution is 6.46. The minimum atomic E-state index is -0.753. The fraction of sp³-hybridized carbons (Fsp3) is 0.364.